The van der Waals surface area contributed by atoms with Crippen molar-refractivity contribution in [1.82, 2.24) is 4.90 Å². The topological polar surface area (TPSA) is 46.6 Å². The SMILES string of the molecule is C=CCOC(=O)N1CC=CC1C(=O)CCl. The maximum atomic E-state index is 11.5. The van der Waals surface area contributed by atoms with Crippen molar-refractivity contribution in [3.63, 3.8) is 0 Å². The Morgan fingerprint density at radius 1 is 1.67 bits per heavy atom. The Kier molecular flexibility index (Phi) is 4.37. The molecule has 1 aliphatic rings. The molecule has 0 N–H and O–H groups in total. The highest BCUT2D eigenvalue weighted by molar-refractivity contribution is 6.28. The van der Waals surface area contributed by atoms with Crippen molar-refractivity contribution in [2.75, 3.05) is 19.0 Å². The molecule has 5 heteroatoms. The van der Waals surface area contributed by atoms with E-state index in [0.717, 1.165) is 0 Å². The number of carbonyl (C=O) groups excluding carboxylic acids is 2. The number of hydrogen-bond donors (Lipinski definition) is 0. The lowest BCUT2D eigenvalue weighted by atomic mass is 10.2. The van der Waals surface area contributed by atoms with Crippen LogP contribution in [-0.2, 0) is 9.53 Å². The van der Waals surface area contributed by atoms with E-state index in [0.29, 0.717) is 6.54 Å². The summed E-state index contributed by atoms with van der Waals surface area (Å²) in [6.45, 7) is 3.94. The third kappa shape index (κ3) is 2.83. The lowest BCUT2D eigenvalue weighted by molar-refractivity contribution is -0.119. The molecule has 0 aromatic heterocycles. The highest BCUT2D eigenvalue weighted by Crippen LogP contribution is 2.12. The summed E-state index contributed by atoms with van der Waals surface area (Å²) in [7, 11) is 0. The van der Waals surface area contributed by atoms with E-state index in [9.17, 15) is 9.59 Å². The number of amides is 1. The average molecular weight is 230 g/mol. The zero-order valence-corrected chi connectivity index (χ0v) is 8.94. The number of Topliss-reactive ketones (excluding diaryl/α,β-unsaturated/α-hetero) is 1. The molecule has 1 unspecified atom stereocenters. The quantitative estimate of drug-likeness (QED) is 0.540. The molecule has 82 valence electrons. The fraction of sp³-hybridized carbons (Fsp3) is 0.400. The fourth-order valence-corrected chi connectivity index (χ4v) is 1.44. The van der Waals surface area contributed by atoms with Crippen LogP contribution in [0.5, 0.6) is 0 Å². The molecule has 1 rings (SSSR count). The van der Waals surface area contributed by atoms with Crippen molar-refractivity contribution < 1.29 is 14.3 Å². The number of alkyl halides is 1. The summed E-state index contributed by atoms with van der Waals surface area (Å²) in [4.78, 5) is 24.1. The van der Waals surface area contributed by atoms with Gasteiger partial charge in [-0.2, -0.15) is 0 Å². The van der Waals surface area contributed by atoms with E-state index in [-0.39, 0.29) is 18.3 Å². The van der Waals surface area contributed by atoms with Gasteiger partial charge in [0.25, 0.3) is 0 Å². The minimum absolute atomic E-state index is 0.111. The second-order valence-corrected chi connectivity index (χ2v) is 3.26. The maximum absolute atomic E-state index is 11.5. The Bertz CT molecular complexity index is 301. The summed E-state index contributed by atoms with van der Waals surface area (Å²) >= 11 is 5.43. The molecule has 15 heavy (non-hydrogen) atoms. The molecule has 0 aromatic rings. The molecule has 4 nitrogen and oxygen atoms in total. The van der Waals surface area contributed by atoms with E-state index in [1.165, 1.54) is 11.0 Å². The first-order valence-electron chi connectivity index (χ1n) is 4.50. The number of rotatable bonds is 4. The van der Waals surface area contributed by atoms with Crippen LogP contribution in [0.2, 0.25) is 0 Å². The second-order valence-electron chi connectivity index (χ2n) is 2.99. The smallest absolute Gasteiger partial charge is 0.411 e. The number of hydrogen-bond acceptors (Lipinski definition) is 3. The lowest BCUT2D eigenvalue weighted by Gasteiger charge is -2.21. The Morgan fingerprint density at radius 3 is 3.00 bits per heavy atom. The third-order valence-corrected chi connectivity index (χ3v) is 2.24. The van der Waals surface area contributed by atoms with E-state index < -0.39 is 12.1 Å². The van der Waals surface area contributed by atoms with Gasteiger partial charge in [-0.25, -0.2) is 4.79 Å². The first-order valence-corrected chi connectivity index (χ1v) is 5.03. The average Bonchev–Trinajstić information content (AvgIpc) is 2.73. The summed E-state index contributed by atoms with van der Waals surface area (Å²) in [5, 5.41) is 0. The van der Waals surface area contributed by atoms with Crippen molar-refractivity contribution in [1.29, 1.82) is 0 Å². The lowest BCUT2D eigenvalue weighted by Crippen LogP contribution is -2.41. The van der Waals surface area contributed by atoms with E-state index in [4.69, 9.17) is 16.3 Å². The fourth-order valence-electron chi connectivity index (χ4n) is 1.28. The van der Waals surface area contributed by atoms with Gasteiger partial charge in [0, 0.05) is 6.54 Å². The van der Waals surface area contributed by atoms with Crippen LogP contribution in [0.15, 0.2) is 24.8 Å². The molecule has 1 amide bonds. The van der Waals surface area contributed by atoms with E-state index in [1.807, 2.05) is 0 Å². The number of halogens is 1. The molecular formula is C10H12ClNO3. The van der Waals surface area contributed by atoms with Gasteiger partial charge in [0.05, 0.1) is 5.88 Å². The van der Waals surface area contributed by atoms with Crippen molar-refractivity contribution >= 4 is 23.5 Å². The van der Waals surface area contributed by atoms with Gasteiger partial charge in [0.15, 0.2) is 5.78 Å². The van der Waals surface area contributed by atoms with Crippen molar-refractivity contribution in [2.45, 2.75) is 6.04 Å². The van der Waals surface area contributed by atoms with Gasteiger partial charge in [-0.15, -0.1) is 11.6 Å². The van der Waals surface area contributed by atoms with Crippen molar-refractivity contribution in [3.05, 3.63) is 24.8 Å². The van der Waals surface area contributed by atoms with Crippen LogP contribution in [0, 0.1) is 0 Å². The van der Waals surface area contributed by atoms with Gasteiger partial charge in [-0.3, -0.25) is 9.69 Å². The summed E-state index contributed by atoms with van der Waals surface area (Å²) in [5.74, 6) is -0.318. The van der Waals surface area contributed by atoms with Gasteiger partial charge in [-0.1, -0.05) is 24.8 Å². The number of ketones is 1. The summed E-state index contributed by atoms with van der Waals surface area (Å²) in [5.41, 5.74) is 0. The van der Waals surface area contributed by atoms with Crippen molar-refractivity contribution in [2.24, 2.45) is 0 Å². The van der Waals surface area contributed by atoms with Gasteiger partial charge in [0.2, 0.25) is 0 Å². The maximum Gasteiger partial charge on any atom is 0.411 e. The van der Waals surface area contributed by atoms with Crippen LogP contribution in [0.3, 0.4) is 0 Å². The molecule has 0 radical (unpaired) electrons. The molecule has 0 saturated heterocycles. The Morgan fingerprint density at radius 2 is 2.40 bits per heavy atom. The molecule has 0 aliphatic carbocycles. The van der Waals surface area contributed by atoms with Crippen LogP contribution in [0.4, 0.5) is 4.79 Å². The molecule has 1 atom stereocenters. The Hall–Kier alpha value is -1.29. The highest BCUT2D eigenvalue weighted by Gasteiger charge is 2.30. The van der Waals surface area contributed by atoms with E-state index in [1.54, 1.807) is 12.2 Å². The largest absolute Gasteiger partial charge is 0.445 e. The minimum Gasteiger partial charge on any atom is -0.445 e. The zero-order chi connectivity index (χ0) is 11.3. The van der Waals surface area contributed by atoms with E-state index >= 15 is 0 Å². The normalized spacial score (nSPS) is 19.0. The summed E-state index contributed by atoms with van der Waals surface area (Å²) < 4.78 is 4.83. The number of nitrogens with zero attached hydrogens (tertiary/aromatic N) is 1. The Labute approximate surface area is 93.1 Å². The van der Waals surface area contributed by atoms with E-state index in [2.05, 4.69) is 6.58 Å². The molecular weight excluding hydrogens is 218 g/mol. The van der Waals surface area contributed by atoms with Crippen LogP contribution in [0.25, 0.3) is 0 Å². The Balaban J connectivity index is 2.58. The molecule has 0 fully saturated rings. The number of ether oxygens (including phenoxy) is 1. The first-order chi connectivity index (χ1) is 7.20. The molecule has 0 saturated carbocycles. The monoisotopic (exact) mass is 229 g/mol. The highest BCUT2D eigenvalue weighted by atomic mass is 35.5. The standard InChI is InChI=1S/C10H12ClNO3/c1-2-6-15-10(14)12-5-3-4-8(12)9(13)7-11/h2-4,8H,1,5-7H2. The van der Waals surface area contributed by atoms with Gasteiger partial charge in [-0.05, 0) is 0 Å². The number of carbonyl (C=O) groups is 2. The predicted octanol–water partition coefficient (Wildman–Crippen LogP) is 1.36. The molecule has 1 aliphatic heterocycles. The summed E-state index contributed by atoms with van der Waals surface area (Å²) in [6, 6.07) is -0.584. The molecule has 0 spiro atoms. The molecule has 0 bridgehead atoms. The zero-order valence-electron chi connectivity index (χ0n) is 8.19. The van der Waals surface area contributed by atoms with Crippen LogP contribution in [-0.4, -0.2) is 41.8 Å². The van der Waals surface area contributed by atoms with Crippen molar-refractivity contribution in [3.8, 4) is 0 Å². The van der Waals surface area contributed by atoms with Crippen LogP contribution in [0.1, 0.15) is 0 Å². The van der Waals surface area contributed by atoms with Gasteiger partial charge < -0.3 is 4.74 Å². The van der Waals surface area contributed by atoms with Gasteiger partial charge >= 0.3 is 6.09 Å². The van der Waals surface area contributed by atoms with Crippen LogP contribution < -0.4 is 0 Å². The second kappa shape index (κ2) is 5.56. The first kappa shape index (κ1) is 11.8. The van der Waals surface area contributed by atoms with Gasteiger partial charge in [0.1, 0.15) is 12.6 Å². The minimum atomic E-state index is -0.584. The van der Waals surface area contributed by atoms with Crippen LogP contribution >= 0.6 is 11.6 Å². The molecule has 0 aromatic carbocycles. The predicted molar refractivity (Wildman–Crippen MR) is 56.9 cm³/mol. The third-order valence-electron chi connectivity index (χ3n) is 1.98. The molecule has 1 heterocycles. The summed E-state index contributed by atoms with van der Waals surface area (Å²) in [6.07, 6.45) is 4.34.